The molecule has 4 fully saturated rings. The summed E-state index contributed by atoms with van der Waals surface area (Å²) in [5.41, 5.74) is 1.74. The molecule has 1 amide bonds. The molecule has 1 aromatic carbocycles. The van der Waals surface area contributed by atoms with Gasteiger partial charge in [-0.3, -0.25) is 9.36 Å². The Kier molecular flexibility index (Phi) is 4.37. The van der Waals surface area contributed by atoms with E-state index in [1.54, 1.807) is 10.6 Å². The Hall–Kier alpha value is -2.04. The van der Waals surface area contributed by atoms with Crippen molar-refractivity contribution in [3.8, 4) is 0 Å². The summed E-state index contributed by atoms with van der Waals surface area (Å²) in [7, 11) is 0. The fourth-order valence-electron chi connectivity index (χ4n) is 6.80. The average Bonchev–Trinajstić information content (AvgIpc) is 2.96. The molecular formula is C23H30N2O3. The first kappa shape index (κ1) is 18.0. The number of aryl methyl sites for hydroxylation is 1. The maximum Gasteiger partial charge on any atom is 0.419 e. The van der Waals surface area contributed by atoms with Gasteiger partial charge in [0.2, 0.25) is 5.91 Å². The number of aromatic nitrogens is 1. The third-order valence-corrected chi connectivity index (χ3v) is 7.74. The topological polar surface area (TPSA) is 64.2 Å². The van der Waals surface area contributed by atoms with E-state index in [1.807, 2.05) is 18.2 Å². The highest BCUT2D eigenvalue weighted by Gasteiger charge is 2.53. The van der Waals surface area contributed by atoms with Gasteiger partial charge in [0.1, 0.15) is 0 Å². The van der Waals surface area contributed by atoms with Crippen molar-refractivity contribution in [3.05, 3.63) is 34.8 Å². The maximum atomic E-state index is 12.6. The monoisotopic (exact) mass is 382 g/mol. The van der Waals surface area contributed by atoms with E-state index in [2.05, 4.69) is 12.2 Å². The van der Waals surface area contributed by atoms with Gasteiger partial charge in [-0.2, -0.15) is 0 Å². The zero-order valence-electron chi connectivity index (χ0n) is 16.7. The fraction of sp³-hybridized carbons (Fsp3) is 0.652. The molecule has 1 atom stereocenters. The van der Waals surface area contributed by atoms with E-state index in [0.717, 1.165) is 23.3 Å². The van der Waals surface area contributed by atoms with Crippen LogP contribution in [-0.2, 0) is 11.3 Å². The highest BCUT2D eigenvalue weighted by Crippen LogP contribution is 2.61. The van der Waals surface area contributed by atoms with E-state index in [4.69, 9.17) is 4.42 Å². The van der Waals surface area contributed by atoms with Crippen LogP contribution in [-0.4, -0.2) is 16.5 Å². The lowest BCUT2D eigenvalue weighted by Gasteiger charge is -2.59. The van der Waals surface area contributed by atoms with Crippen LogP contribution in [0.2, 0.25) is 0 Å². The number of benzene rings is 1. The second-order valence-electron chi connectivity index (χ2n) is 9.66. The van der Waals surface area contributed by atoms with Crippen LogP contribution < -0.4 is 11.1 Å². The first-order chi connectivity index (χ1) is 13.5. The van der Waals surface area contributed by atoms with Crippen LogP contribution in [0.4, 0.5) is 0 Å². The number of fused-ring (bicyclic) bond motifs is 1. The number of hydrogen-bond donors (Lipinski definition) is 1. The van der Waals surface area contributed by atoms with Gasteiger partial charge in [0, 0.05) is 19.0 Å². The second-order valence-corrected chi connectivity index (χ2v) is 9.66. The summed E-state index contributed by atoms with van der Waals surface area (Å²) in [4.78, 5) is 24.6. The molecule has 0 aliphatic heterocycles. The van der Waals surface area contributed by atoms with E-state index in [0.29, 0.717) is 30.4 Å². The molecule has 28 heavy (non-hydrogen) atoms. The molecule has 6 rings (SSSR count). The summed E-state index contributed by atoms with van der Waals surface area (Å²) in [6, 6.07) is 7.69. The molecule has 5 heteroatoms. The molecule has 0 radical (unpaired) electrons. The van der Waals surface area contributed by atoms with Gasteiger partial charge in [-0.15, -0.1) is 0 Å². The van der Waals surface area contributed by atoms with E-state index in [1.165, 1.54) is 38.5 Å². The third-order valence-electron chi connectivity index (χ3n) is 7.74. The molecule has 4 aliphatic carbocycles. The van der Waals surface area contributed by atoms with Crippen molar-refractivity contribution >= 4 is 17.0 Å². The van der Waals surface area contributed by atoms with Crippen molar-refractivity contribution in [2.45, 2.75) is 70.9 Å². The molecule has 150 valence electrons. The molecule has 1 heterocycles. The number of rotatable bonds is 6. The second kappa shape index (κ2) is 6.78. The number of carbonyl (C=O) groups excluding carboxylic acids is 1. The zero-order chi connectivity index (χ0) is 19.3. The number of nitrogens with one attached hydrogen (secondary N) is 1. The first-order valence-electron chi connectivity index (χ1n) is 10.9. The number of para-hydroxylation sites is 2. The summed E-state index contributed by atoms with van der Waals surface area (Å²) in [6.07, 6.45) is 9.27. The molecular weight excluding hydrogens is 352 g/mol. The van der Waals surface area contributed by atoms with Gasteiger partial charge in [-0.05, 0) is 87.2 Å². The van der Waals surface area contributed by atoms with Crippen molar-refractivity contribution in [3.63, 3.8) is 0 Å². The minimum absolute atomic E-state index is 0.115. The number of carbonyl (C=O) groups is 1. The lowest BCUT2D eigenvalue weighted by Crippen LogP contribution is -2.55. The standard InChI is InChI=1S/C23H30N2O3/c1-15(23-12-16-9-17(13-23)11-18(10-16)14-23)24-21(26)7-4-8-25-19-5-2-3-6-20(19)28-22(25)27/h2-3,5-6,15-18H,4,7-14H2,1H3,(H,24,26)/t15-,16?,17?,18?,23?/m0/s1. The van der Waals surface area contributed by atoms with Crippen molar-refractivity contribution in [2.24, 2.45) is 23.2 Å². The molecule has 4 saturated carbocycles. The van der Waals surface area contributed by atoms with Crippen molar-refractivity contribution < 1.29 is 9.21 Å². The molecule has 0 unspecified atom stereocenters. The van der Waals surface area contributed by atoms with Crippen LogP contribution in [0, 0.1) is 23.2 Å². The third kappa shape index (κ3) is 3.09. The van der Waals surface area contributed by atoms with E-state index in [-0.39, 0.29) is 17.7 Å². The predicted molar refractivity (Wildman–Crippen MR) is 108 cm³/mol. The Labute approximate surface area is 165 Å². The Balaban J connectivity index is 1.18. The number of oxazole rings is 1. The van der Waals surface area contributed by atoms with E-state index >= 15 is 0 Å². The number of amides is 1. The normalized spacial score (nSPS) is 32.0. The summed E-state index contributed by atoms with van der Waals surface area (Å²) < 4.78 is 6.90. The minimum atomic E-state index is -0.344. The van der Waals surface area contributed by atoms with E-state index < -0.39 is 0 Å². The van der Waals surface area contributed by atoms with Gasteiger partial charge in [-0.25, -0.2) is 4.79 Å². The largest absolute Gasteiger partial charge is 0.419 e. The minimum Gasteiger partial charge on any atom is -0.408 e. The SMILES string of the molecule is C[C@H](NC(=O)CCCn1c(=O)oc2ccccc21)C12CC3CC(CC(C3)C1)C2. The lowest BCUT2D eigenvalue weighted by atomic mass is 9.48. The van der Waals surface area contributed by atoms with Crippen LogP contribution in [0.25, 0.3) is 11.1 Å². The molecule has 4 aliphatic rings. The number of nitrogens with zero attached hydrogens (tertiary/aromatic N) is 1. The highest BCUT2D eigenvalue weighted by atomic mass is 16.4. The molecule has 2 aromatic rings. The Morgan fingerprint density at radius 3 is 2.50 bits per heavy atom. The number of hydrogen-bond acceptors (Lipinski definition) is 3. The maximum absolute atomic E-state index is 12.6. The van der Waals surface area contributed by atoms with Crippen LogP contribution in [0.1, 0.15) is 58.3 Å². The summed E-state index contributed by atoms with van der Waals surface area (Å²) in [5, 5.41) is 3.32. The van der Waals surface area contributed by atoms with Crippen molar-refractivity contribution in [2.75, 3.05) is 0 Å². The lowest BCUT2D eigenvalue weighted by molar-refractivity contribution is -0.126. The molecule has 4 bridgehead atoms. The van der Waals surface area contributed by atoms with Gasteiger partial charge in [-0.1, -0.05) is 12.1 Å². The molecule has 5 nitrogen and oxygen atoms in total. The van der Waals surface area contributed by atoms with Gasteiger partial charge in [0.25, 0.3) is 0 Å². The van der Waals surface area contributed by atoms with Gasteiger partial charge >= 0.3 is 5.76 Å². The Bertz CT molecular complexity index is 905. The molecule has 1 N–H and O–H groups in total. The quantitative estimate of drug-likeness (QED) is 0.818. The predicted octanol–water partition coefficient (Wildman–Crippen LogP) is 4.10. The van der Waals surface area contributed by atoms with Crippen LogP contribution in [0.3, 0.4) is 0 Å². The molecule has 0 spiro atoms. The van der Waals surface area contributed by atoms with Crippen LogP contribution in [0.5, 0.6) is 0 Å². The van der Waals surface area contributed by atoms with Gasteiger partial charge in [0.05, 0.1) is 5.52 Å². The summed E-state index contributed by atoms with van der Waals surface area (Å²) in [5.74, 6) is 2.46. The molecule has 0 saturated heterocycles. The Morgan fingerprint density at radius 2 is 1.82 bits per heavy atom. The van der Waals surface area contributed by atoms with Crippen molar-refractivity contribution in [1.82, 2.24) is 9.88 Å². The average molecular weight is 383 g/mol. The molecule has 1 aromatic heterocycles. The summed E-state index contributed by atoms with van der Waals surface area (Å²) >= 11 is 0. The zero-order valence-corrected chi connectivity index (χ0v) is 16.7. The van der Waals surface area contributed by atoms with Crippen LogP contribution in [0.15, 0.2) is 33.5 Å². The summed E-state index contributed by atoms with van der Waals surface area (Å²) in [6.45, 7) is 2.73. The van der Waals surface area contributed by atoms with Gasteiger partial charge in [0.15, 0.2) is 5.58 Å². The van der Waals surface area contributed by atoms with E-state index in [9.17, 15) is 9.59 Å². The first-order valence-corrected chi connectivity index (χ1v) is 10.9. The van der Waals surface area contributed by atoms with Gasteiger partial charge < -0.3 is 9.73 Å². The highest BCUT2D eigenvalue weighted by molar-refractivity contribution is 5.76. The fourth-order valence-corrected chi connectivity index (χ4v) is 6.80. The van der Waals surface area contributed by atoms with Crippen LogP contribution >= 0.6 is 0 Å². The smallest absolute Gasteiger partial charge is 0.408 e. The Morgan fingerprint density at radius 1 is 1.18 bits per heavy atom. The van der Waals surface area contributed by atoms with Crippen molar-refractivity contribution in [1.29, 1.82) is 0 Å².